The van der Waals surface area contributed by atoms with Crippen molar-refractivity contribution in [3.05, 3.63) is 66.1 Å². The zero-order chi connectivity index (χ0) is 33.3. The first-order valence-electron chi connectivity index (χ1n) is 15.9. The summed E-state index contributed by atoms with van der Waals surface area (Å²) in [5.74, 6) is -3.22. The van der Waals surface area contributed by atoms with E-state index in [1.54, 1.807) is 6.07 Å². The molecule has 3 aromatic rings. The molecule has 48 heavy (non-hydrogen) atoms. The summed E-state index contributed by atoms with van der Waals surface area (Å²) in [6.45, 7) is 6.17. The van der Waals surface area contributed by atoms with Crippen LogP contribution in [0.4, 0.5) is 26.1 Å². The Morgan fingerprint density at radius 2 is 1.96 bits per heavy atom. The van der Waals surface area contributed by atoms with E-state index in [2.05, 4.69) is 59.4 Å². The first-order chi connectivity index (χ1) is 23.3. The van der Waals surface area contributed by atoms with Crippen molar-refractivity contribution in [2.45, 2.75) is 37.5 Å². The monoisotopic (exact) mass is 656 g/mol. The van der Waals surface area contributed by atoms with Gasteiger partial charge in [0.1, 0.15) is 18.1 Å². The van der Waals surface area contributed by atoms with Gasteiger partial charge >= 0.3 is 5.92 Å². The van der Waals surface area contributed by atoms with Crippen LogP contribution in [0.25, 0.3) is 11.4 Å². The van der Waals surface area contributed by atoms with E-state index < -0.39 is 24.5 Å². The molecule has 4 aliphatic rings. The van der Waals surface area contributed by atoms with Gasteiger partial charge in [0.15, 0.2) is 11.9 Å². The molecule has 2 atom stereocenters. The Balaban J connectivity index is 0.983. The summed E-state index contributed by atoms with van der Waals surface area (Å²) in [5.41, 5.74) is 2.77. The van der Waals surface area contributed by atoms with Gasteiger partial charge < -0.3 is 24.6 Å². The number of hydrogen-bond acceptors (Lipinski definition) is 12. The van der Waals surface area contributed by atoms with E-state index in [9.17, 15) is 10.1 Å². The maximum absolute atomic E-state index is 15.1. The molecule has 1 amide bonds. The molecule has 0 bridgehead atoms. The molecule has 2 aromatic carbocycles. The van der Waals surface area contributed by atoms with Crippen molar-refractivity contribution in [2.24, 2.45) is 10.2 Å². The zero-order valence-corrected chi connectivity index (χ0v) is 26.3. The summed E-state index contributed by atoms with van der Waals surface area (Å²) >= 11 is 0. The molecule has 3 fully saturated rings. The number of nitriles is 1. The minimum atomic E-state index is -3.33. The number of nitrogens with one attached hydrogen (secondary N) is 1. The molecule has 13 nitrogen and oxygen atoms in total. The SMILES string of the molecule is C[C@H]1CN(c2ccc(Nc3ncnc(-c4ccc(O[C@H]5CCN(C(=O)C6=CN=NC6)CC5(F)F)c(C#N)c4)n3)cc2)CCN1C1COC1. The van der Waals surface area contributed by atoms with Crippen molar-refractivity contribution >= 4 is 23.2 Å². The summed E-state index contributed by atoms with van der Waals surface area (Å²) in [6.07, 6.45) is 1.04. The van der Waals surface area contributed by atoms with Crippen molar-refractivity contribution in [1.82, 2.24) is 24.8 Å². The van der Waals surface area contributed by atoms with E-state index in [0.717, 1.165) is 49.1 Å². The fraction of sp³-hybridized carbons (Fsp3) is 0.424. The second kappa shape index (κ2) is 13.2. The lowest BCUT2D eigenvalue weighted by atomic mass is 10.0. The van der Waals surface area contributed by atoms with Gasteiger partial charge in [-0.05, 0) is 49.4 Å². The number of alkyl halides is 2. The quantitative estimate of drug-likeness (QED) is 0.377. The largest absolute Gasteiger partial charge is 0.483 e. The Bertz CT molecular complexity index is 1780. The van der Waals surface area contributed by atoms with Gasteiger partial charge in [-0.15, -0.1) is 0 Å². The van der Waals surface area contributed by atoms with Crippen LogP contribution in [-0.2, 0) is 9.53 Å². The van der Waals surface area contributed by atoms with Crippen molar-refractivity contribution < 1.29 is 23.0 Å². The molecule has 1 N–H and O–H groups in total. The van der Waals surface area contributed by atoms with E-state index in [1.807, 2.05) is 18.2 Å². The van der Waals surface area contributed by atoms with Crippen molar-refractivity contribution in [2.75, 3.05) is 62.7 Å². The third kappa shape index (κ3) is 6.54. The van der Waals surface area contributed by atoms with Gasteiger partial charge in [-0.25, -0.2) is 18.7 Å². The number of amides is 1. The van der Waals surface area contributed by atoms with E-state index in [1.165, 1.54) is 24.7 Å². The van der Waals surface area contributed by atoms with Crippen LogP contribution in [0.1, 0.15) is 18.9 Å². The summed E-state index contributed by atoms with van der Waals surface area (Å²) in [7, 11) is 0. The van der Waals surface area contributed by atoms with Crippen LogP contribution in [0.3, 0.4) is 0 Å². The number of benzene rings is 2. The van der Waals surface area contributed by atoms with E-state index >= 15 is 8.78 Å². The average Bonchev–Trinajstić information content (AvgIpc) is 3.61. The fourth-order valence-corrected chi connectivity index (χ4v) is 6.39. The molecule has 0 saturated carbocycles. The number of aromatic nitrogens is 3. The van der Waals surface area contributed by atoms with Crippen LogP contribution < -0.4 is 15.0 Å². The number of azo groups is 1. The number of piperazine rings is 1. The molecule has 4 aliphatic heterocycles. The smallest absolute Gasteiger partial charge is 0.301 e. The summed E-state index contributed by atoms with van der Waals surface area (Å²) in [4.78, 5) is 31.6. The second-order valence-electron chi connectivity index (χ2n) is 12.3. The van der Waals surface area contributed by atoms with Gasteiger partial charge in [0, 0.05) is 55.6 Å². The van der Waals surface area contributed by atoms with Crippen LogP contribution in [-0.4, -0.2) is 107 Å². The first kappa shape index (κ1) is 31.5. The third-order valence-electron chi connectivity index (χ3n) is 9.09. The van der Waals surface area contributed by atoms with Crippen molar-refractivity contribution in [1.29, 1.82) is 5.26 Å². The normalized spacial score (nSPS) is 22.5. The molecule has 15 heteroatoms. The third-order valence-corrected chi connectivity index (χ3v) is 9.09. The van der Waals surface area contributed by atoms with Crippen LogP contribution in [0.15, 0.2) is 70.8 Å². The Hall–Kier alpha value is -5.07. The number of hydrogen-bond donors (Lipinski definition) is 1. The Labute approximate surface area is 275 Å². The number of piperidine rings is 1. The number of rotatable bonds is 8. The standard InChI is InChI=1S/C33H34F2N10O3/c1-21-16-43(10-11-45(21)27-17-47-18-27)26-5-3-25(4-6-26)41-32-38-20-37-30(42-32)22-2-7-28(23(12-22)13-36)48-29-8-9-44(19-33(29,34)35)31(46)24-14-39-40-15-24/h2-7,12,14,20-21,27,29H,8-11,15-19H2,1H3,(H,37,38,41,42)/t21-,29-/m0/s1. The van der Waals surface area contributed by atoms with Crippen LogP contribution in [0.5, 0.6) is 5.75 Å². The van der Waals surface area contributed by atoms with E-state index in [-0.39, 0.29) is 36.4 Å². The molecule has 0 aliphatic carbocycles. The molecule has 248 valence electrons. The van der Waals surface area contributed by atoms with Crippen molar-refractivity contribution in [3.63, 3.8) is 0 Å². The molecule has 0 spiro atoms. The minimum absolute atomic E-state index is 0.0159. The van der Waals surface area contributed by atoms with Crippen LogP contribution in [0.2, 0.25) is 0 Å². The highest BCUT2D eigenvalue weighted by molar-refractivity contribution is 5.94. The number of ether oxygens (including phenoxy) is 2. The fourth-order valence-electron chi connectivity index (χ4n) is 6.39. The first-order valence-corrected chi connectivity index (χ1v) is 15.9. The molecular formula is C33H34F2N10O3. The van der Waals surface area contributed by atoms with Gasteiger partial charge in [0.2, 0.25) is 5.95 Å². The molecule has 1 aromatic heterocycles. The zero-order valence-electron chi connectivity index (χ0n) is 26.3. The van der Waals surface area contributed by atoms with Crippen molar-refractivity contribution in [3.8, 4) is 23.2 Å². The number of nitrogens with zero attached hydrogens (tertiary/aromatic N) is 9. The predicted octanol–water partition coefficient (Wildman–Crippen LogP) is 4.03. The number of likely N-dealkylation sites (tertiary alicyclic amines) is 1. The molecule has 0 radical (unpaired) electrons. The molecule has 3 saturated heterocycles. The molecule has 7 rings (SSSR count). The lowest BCUT2D eigenvalue weighted by Crippen LogP contribution is -2.60. The molecule has 0 unspecified atom stereocenters. The minimum Gasteiger partial charge on any atom is -0.483 e. The van der Waals surface area contributed by atoms with Gasteiger partial charge in [-0.1, -0.05) is 0 Å². The number of carbonyl (C=O) groups excluding carboxylic acids is 1. The highest BCUT2D eigenvalue weighted by atomic mass is 19.3. The van der Waals surface area contributed by atoms with Gasteiger partial charge in [0.05, 0.1) is 49.7 Å². The number of halogens is 2. The summed E-state index contributed by atoms with van der Waals surface area (Å²) in [6, 6.07) is 15.7. The number of carbonyl (C=O) groups is 1. The Kier molecular flexibility index (Phi) is 8.67. The lowest BCUT2D eigenvalue weighted by Gasteiger charge is -2.47. The topological polar surface area (TPSA) is 144 Å². The predicted molar refractivity (Wildman–Crippen MR) is 171 cm³/mol. The van der Waals surface area contributed by atoms with Gasteiger partial charge in [-0.3, -0.25) is 9.69 Å². The molecular weight excluding hydrogens is 622 g/mol. The summed E-state index contributed by atoms with van der Waals surface area (Å²) < 4.78 is 41.3. The van der Waals surface area contributed by atoms with Gasteiger partial charge in [-0.2, -0.15) is 20.5 Å². The van der Waals surface area contributed by atoms with Gasteiger partial charge in [0.25, 0.3) is 5.91 Å². The van der Waals surface area contributed by atoms with Crippen LogP contribution >= 0.6 is 0 Å². The highest BCUT2D eigenvalue weighted by Crippen LogP contribution is 2.34. The van der Waals surface area contributed by atoms with E-state index in [0.29, 0.717) is 29.4 Å². The average molecular weight is 657 g/mol. The van der Waals surface area contributed by atoms with Crippen LogP contribution in [0, 0.1) is 11.3 Å². The highest BCUT2D eigenvalue weighted by Gasteiger charge is 2.48. The Morgan fingerprint density at radius 3 is 2.65 bits per heavy atom. The maximum Gasteiger partial charge on any atom is 0.301 e. The van der Waals surface area contributed by atoms with E-state index in [4.69, 9.17) is 9.47 Å². The Morgan fingerprint density at radius 1 is 1.12 bits per heavy atom. The maximum atomic E-state index is 15.1. The lowest BCUT2D eigenvalue weighted by molar-refractivity contribution is -0.157. The molecule has 5 heterocycles. The number of anilines is 3. The summed E-state index contributed by atoms with van der Waals surface area (Å²) in [5, 5.41) is 20.4. The second-order valence-corrected chi connectivity index (χ2v) is 12.3.